The number of carbonyl (C=O) groups is 1. The van der Waals surface area contributed by atoms with Gasteiger partial charge in [-0.05, 0) is 31.2 Å². The number of nitrogens with one attached hydrogen (secondary N) is 1. The van der Waals surface area contributed by atoms with Crippen molar-refractivity contribution in [3.63, 3.8) is 0 Å². The molecule has 2 heterocycles. The zero-order valence-electron chi connectivity index (χ0n) is 13.6. The molecule has 5 nitrogen and oxygen atoms in total. The van der Waals surface area contributed by atoms with Gasteiger partial charge in [-0.2, -0.15) is 0 Å². The minimum Gasteiger partial charge on any atom is -0.332 e. The molecular formula is C18H16N4OS2. The highest BCUT2D eigenvalue weighted by molar-refractivity contribution is 8.00. The maximum absolute atomic E-state index is 11.1. The van der Waals surface area contributed by atoms with E-state index in [1.807, 2.05) is 0 Å². The summed E-state index contributed by atoms with van der Waals surface area (Å²) < 4.78 is 0. The van der Waals surface area contributed by atoms with Crippen molar-refractivity contribution >= 4 is 40.7 Å². The average molecular weight is 368 g/mol. The summed E-state index contributed by atoms with van der Waals surface area (Å²) in [5.41, 5.74) is 2.33. The predicted octanol–water partition coefficient (Wildman–Crippen LogP) is 4.29. The molecule has 0 aliphatic carbocycles. The normalized spacial score (nSPS) is 12.6. The van der Waals surface area contributed by atoms with Gasteiger partial charge in [0.1, 0.15) is 11.6 Å². The van der Waals surface area contributed by atoms with Crippen LogP contribution < -0.4 is 4.90 Å². The molecule has 0 amide bonds. The Balaban J connectivity index is 1.63. The lowest BCUT2D eigenvalue weighted by Gasteiger charge is -2.31. The third-order valence-electron chi connectivity index (χ3n) is 3.76. The molecule has 0 saturated carbocycles. The van der Waals surface area contributed by atoms with Crippen molar-refractivity contribution < 1.29 is 4.79 Å². The molecule has 126 valence electrons. The quantitative estimate of drug-likeness (QED) is 0.678. The lowest BCUT2D eigenvalue weighted by atomic mass is 10.2. The van der Waals surface area contributed by atoms with Gasteiger partial charge in [-0.25, -0.2) is 4.98 Å². The van der Waals surface area contributed by atoms with E-state index >= 15 is 0 Å². The van der Waals surface area contributed by atoms with Crippen LogP contribution in [0.4, 0.5) is 11.4 Å². The number of hydrogen-bond donors (Lipinski definition) is 1. The number of carbonyl (C=O) groups excluding carboxylic acids is 1. The maximum Gasteiger partial charge on any atom is 0.208 e. The molecule has 1 aliphatic rings. The van der Waals surface area contributed by atoms with Gasteiger partial charge in [0.15, 0.2) is 0 Å². The van der Waals surface area contributed by atoms with Crippen LogP contribution in [0.5, 0.6) is 0 Å². The lowest BCUT2D eigenvalue weighted by molar-refractivity contribution is -0.114. The van der Waals surface area contributed by atoms with Crippen LogP contribution >= 0.6 is 23.5 Å². The zero-order chi connectivity index (χ0) is 17.2. The number of nitrogens with zero attached hydrogens (tertiary/aromatic N) is 3. The molecular weight excluding hydrogens is 352 g/mol. The SMILES string of the molecule is CC(=O)CSc1n[nH]c(CN2c3ccccc3Sc3ccccc32)n1. The Morgan fingerprint density at radius 1 is 1.12 bits per heavy atom. The highest BCUT2D eigenvalue weighted by atomic mass is 32.2. The predicted molar refractivity (Wildman–Crippen MR) is 101 cm³/mol. The number of fused-ring (bicyclic) bond motifs is 2. The minimum absolute atomic E-state index is 0.118. The first-order chi connectivity index (χ1) is 12.2. The third-order valence-corrected chi connectivity index (χ3v) is 5.88. The van der Waals surface area contributed by atoms with Crippen molar-refractivity contribution in [2.75, 3.05) is 10.7 Å². The number of anilines is 2. The molecule has 0 unspecified atom stereocenters. The van der Waals surface area contributed by atoms with E-state index in [4.69, 9.17) is 0 Å². The van der Waals surface area contributed by atoms with Crippen LogP contribution in [-0.4, -0.2) is 26.7 Å². The van der Waals surface area contributed by atoms with Crippen LogP contribution in [0.1, 0.15) is 12.7 Å². The van der Waals surface area contributed by atoms with Crippen LogP contribution in [0.2, 0.25) is 0 Å². The number of H-pyrrole nitrogens is 1. The summed E-state index contributed by atoms with van der Waals surface area (Å²) in [6.45, 7) is 2.17. The first-order valence-corrected chi connectivity index (χ1v) is 9.68. The summed E-state index contributed by atoms with van der Waals surface area (Å²) in [4.78, 5) is 20.3. The maximum atomic E-state index is 11.1. The van der Waals surface area contributed by atoms with Crippen molar-refractivity contribution in [1.29, 1.82) is 0 Å². The molecule has 0 fully saturated rings. The van der Waals surface area contributed by atoms with Crippen molar-refractivity contribution in [1.82, 2.24) is 15.2 Å². The molecule has 0 atom stereocenters. The minimum atomic E-state index is 0.118. The van der Waals surface area contributed by atoms with E-state index in [1.54, 1.807) is 18.7 Å². The van der Waals surface area contributed by atoms with Gasteiger partial charge in [0.2, 0.25) is 5.16 Å². The van der Waals surface area contributed by atoms with E-state index in [0.717, 1.165) is 5.82 Å². The summed E-state index contributed by atoms with van der Waals surface area (Å²) >= 11 is 3.14. The van der Waals surface area contributed by atoms with Crippen LogP contribution in [0, 0.1) is 0 Å². The summed E-state index contributed by atoms with van der Waals surface area (Å²) in [5.74, 6) is 1.29. The van der Waals surface area contributed by atoms with Gasteiger partial charge in [0.05, 0.1) is 23.7 Å². The molecule has 2 aromatic carbocycles. The zero-order valence-corrected chi connectivity index (χ0v) is 15.2. The van der Waals surface area contributed by atoms with Crippen molar-refractivity contribution in [2.45, 2.75) is 28.4 Å². The Labute approximate surface area is 154 Å². The van der Waals surface area contributed by atoms with Gasteiger partial charge < -0.3 is 4.90 Å². The molecule has 0 bridgehead atoms. The first-order valence-electron chi connectivity index (χ1n) is 7.87. The van der Waals surface area contributed by atoms with Crippen molar-refractivity contribution in [3.8, 4) is 0 Å². The Morgan fingerprint density at radius 3 is 2.40 bits per heavy atom. The molecule has 0 spiro atoms. The molecule has 3 aromatic rings. The number of hydrogen-bond acceptors (Lipinski definition) is 6. The van der Waals surface area contributed by atoms with Crippen LogP contribution in [-0.2, 0) is 11.3 Å². The fraction of sp³-hybridized carbons (Fsp3) is 0.167. The fourth-order valence-electron chi connectivity index (χ4n) is 2.68. The molecule has 0 saturated heterocycles. The molecule has 4 rings (SSSR count). The van der Waals surface area contributed by atoms with Crippen LogP contribution in [0.3, 0.4) is 0 Å². The summed E-state index contributed by atoms with van der Waals surface area (Å²) in [7, 11) is 0. The number of Topliss-reactive ketones (excluding diaryl/α,β-unsaturated/α-hetero) is 1. The Bertz CT molecular complexity index is 879. The highest BCUT2D eigenvalue weighted by Gasteiger charge is 2.23. The van der Waals surface area contributed by atoms with Gasteiger partial charge in [-0.15, -0.1) is 5.10 Å². The van der Waals surface area contributed by atoms with Crippen LogP contribution in [0.15, 0.2) is 63.5 Å². The average Bonchev–Trinajstić information content (AvgIpc) is 3.07. The van der Waals surface area contributed by atoms with E-state index in [2.05, 4.69) is 68.6 Å². The van der Waals surface area contributed by atoms with Gasteiger partial charge in [0, 0.05) is 9.79 Å². The Kier molecular flexibility index (Phi) is 4.50. The van der Waals surface area contributed by atoms with E-state index < -0.39 is 0 Å². The topological polar surface area (TPSA) is 61.9 Å². The lowest BCUT2D eigenvalue weighted by Crippen LogP contribution is -2.20. The second-order valence-electron chi connectivity index (χ2n) is 5.68. The number of thioether (sulfide) groups is 1. The van der Waals surface area contributed by atoms with Crippen molar-refractivity contribution in [2.24, 2.45) is 0 Å². The van der Waals surface area contributed by atoms with Gasteiger partial charge >= 0.3 is 0 Å². The largest absolute Gasteiger partial charge is 0.332 e. The Hall–Kier alpha value is -2.25. The smallest absolute Gasteiger partial charge is 0.208 e. The number of para-hydroxylation sites is 2. The Morgan fingerprint density at radius 2 is 1.76 bits per heavy atom. The fourth-order valence-corrected chi connectivity index (χ4v) is 4.39. The van der Waals surface area contributed by atoms with Gasteiger partial charge in [0.25, 0.3) is 0 Å². The monoisotopic (exact) mass is 368 g/mol. The number of aromatic amines is 1. The second kappa shape index (κ2) is 6.93. The molecule has 7 heteroatoms. The van der Waals surface area contributed by atoms with Crippen molar-refractivity contribution in [3.05, 3.63) is 54.4 Å². The first kappa shape index (κ1) is 16.2. The van der Waals surface area contributed by atoms with Crippen LogP contribution in [0.25, 0.3) is 0 Å². The van der Waals surface area contributed by atoms with E-state index in [1.165, 1.54) is 32.9 Å². The molecule has 0 radical (unpaired) electrons. The standard InChI is InChI=1S/C18H16N4OS2/c1-12(23)11-24-18-19-17(20-21-18)10-22-13-6-2-4-8-15(13)25-16-9-5-3-7-14(16)22/h2-9H,10-11H2,1H3,(H,19,20,21). The number of ketones is 1. The van der Waals surface area contributed by atoms with Gasteiger partial charge in [-0.1, -0.05) is 47.8 Å². The second-order valence-corrected chi connectivity index (χ2v) is 7.71. The molecule has 1 N–H and O–H groups in total. The third kappa shape index (κ3) is 3.43. The van der Waals surface area contributed by atoms with E-state index in [-0.39, 0.29) is 5.78 Å². The molecule has 1 aromatic heterocycles. The number of rotatable bonds is 5. The van der Waals surface area contributed by atoms with E-state index in [0.29, 0.717) is 17.5 Å². The van der Waals surface area contributed by atoms with Gasteiger partial charge in [-0.3, -0.25) is 9.89 Å². The van der Waals surface area contributed by atoms with E-state index in [9.17, 15) is 4.79 Å². The highest BCUT2D eigenvalue weighted by Crippen LogP contribution is 2.48. The summed E-state index contributed by atoms with van der Waals surface area (Å²) in [6, 6.07) is 16.7. The summed E-state index contributed by atoms with van der Waals surface area (Å²) in [5, 5.41) is 7.81. The molecule has 1 aliphatic heterocycles. The number of benzene rings is 2. The number of aromatic nitrogens is 3. The summed E-state index contributed by atoms with van der Waals surface area (Å²) in [6.07, 6.45) is 0. The molecule has 25 heavy (non-hydrogen) atoms.